The third-order valence-corrected chi connectivity index (χ3v) is 6.90. The predicted octanol–water partition coefficient (Wildman–Crippen LogP) is 3.69. The molecule has 8 nitrogen and oxygen atoms in total. The molecule has 3 aromatic carbocycles. The minimum atomic E-state index is -3.95. The molecule has 1 aliphatic heterocycles. The van der Waals surface area contributed by atoms with E-state index in [0.29, 0.717) is 35.2 Å². The van der Waals surface area contributed by atoms with Crippen LogP contribution in [0.4, 0.5) is 11.4 Å². The summed E-state index contributed by atoms with van der Waals surface area (Å²) in [5.41, 5.74) is 0.925. The van der Waals surface area contributed by atoms with Gasteiger partial charge >= 0.3 is 0 Å². The number of hydrogen-bond acceptors (Lipinski definition) is 6. The summed E-state index contributed by atoms with van der Waals surface area (Å²) in [5, 5.41) is 2.78. The highest BCUT2D eigenvalue weighted by molar-refractivity contribution is 7.92. The quantitative estimate of drug-likeness (QED) is 0.568. The molecule has 0 saturated carbocycles. The van der Waals surface area contributed by atoms with Gasteiger partial charge in [0.2, 0.25) is 0 Å². The van der Waals surface area contributed by atoms with Crippen LogP contribution in [0.15, 0.2) is 77.7 Å². The van der Waals surface area contributed by atoms with Crippen molar-refractivity contribution < 1.29 is 27.4 Å². The maximum atomic E-state index is 13.5. The van der Waals surface area contributed by atoms with E-state index < -0.39 is 22.0 Å². The van der Waals surface area contributed by atoms with Crippen molar-refractivity contribution >= 4 is 27.3 Å². The Kier molecular flexibility index (Phi) is 6.41. The highest BCUT2D eigenvalue weighted by atomic mass is 32.2. The van der Waals surface area contributed by atoms with Crippen molar-refractivity contribution in [1.82, 2.24) is 0 Å². The zero-order valence-electron chi connectivity index (χ0n) is 18.2. The minimum Gasteiger partial charge on any atom is -0.497 e. The van der Waals surface area contributed by atoms with Crippen molar-refractivity contribution in [1.29, 1.82) is 0 Å². The van der Waals surface area contributed by atoms with Gasteiger partial charge in [0.05, 0.1) is 30.8 Å². The van der Waals surface area contributed by atoms with Gasteiger partial charge in [-0.15, -0.1) is 0 Å². The maximum Gasteiger partial charge on any atom is 0.267 e. The van der Waals surface area contributed by atoms with E-state index in [1.54, 1.807) is 60.7 Å². The third kappa shape index (κ3) is 4.73. The number of para-hydroxylation sites is 2. The Morgan fingerprint density at radius 3 is 2.36 bits per heavy atom. The van der Waals surface area contributed by atoms with E-state index in [1.807, 2.05) is 6.92 Å². The topological polar surface area (TPSA) is 94.2 Å². The Balaban J connectivity index is 1.60. The largest absolute Gasteiger partial charge is 0.497 e. The van der Waals surface area contributed by atoms with Crippen molar-refractivity contribution in [2.24, 2.45) is 0 Å². The molecule has 1 N–H and O–H groups in total. The van der Waals surface area contributed by atoms with Crippen LogP contribution in [0.5, 0.6) is 17.2 Å². The van der Waals surface area contributed by atoms with Gasteiger partial charge in [-0.1, -0.05) is 12.1 Å². The van der Waals surface area contributed by atoms with Crippen LogP contribution in [0.25, 0.3) is 0 Å². The molecule has 3 aromatic rings. The predicted molar refractivity (Wildman–Crippen MR) is 125 cm³/mol. The standard InChI is InChI=1S/C24H24N2O6S/c1-3-31-19-10-8-17(9-11-19)25-24(27)23-16-26(21-6-4-5-7-22(21)32-23)33(28,29)20-14-12-18(30-2)13-15-20/h4-15,23H,3,16H2,1-2H3,(H,25,27)/t23-/m0/s1. The molecule has 1 aliphatic rings. The van der Waals surface area contributed by atoms with Crippen LogP contribution in [0.3, 0.4) is 0 Å². The molecule has 0 spiro atoms. The molecule has 1 amide bonds. The Bertz CT molecular complexity index is 1230. The second-order valence-electron chi connectivity index (χ2n) is 7.23. The number of ether oxygens (including phenoxy) is 3. The number of amides is 1. The highest BCUT2D eigenvalue weighted by Gasteiger charge is 2.37. The van der Waals surface area contributed by atoms with Crippen molar-refractivity contribution in [3.63, 3.8) is 0 Å². The first-order valence-corrected chi connectivity index (χ1v) is 11.8. The summed E-state index contributed by atoms with van der Waals surface area (Å²) in [7, 11) is -2.44. The maximum absolute atomic E-state index is 13.5. The lowest BCUT2D eigenvalue weighted by Crippen LogP contribution is -2.48. The SMILES string of the molecule is CCOc1ccc(NC(=O)[C@@H]2CN(S(=O)(=O)c3ccc(OC)cc3)c3ccccc3O2)cc1. The Morgan fingerprint density at radius 2 is 1.70 bits per heavy atom. The average Bonchev–Trinajstić information content (AvgIpc) is 2.84. The number of anilines is 2. The van der Waals surface area contributed by atoms with Crippen LogP contribution in [-0.2, 0) is 14.8 Å². The number of nitrogens with one attached hydrogen (secondary N) is 1. The van der Waals surface area contributed by atoms with E-state index in [0.717, 1.165) is 0 Å². The lowest BCUT2D eigenvalue weighted by Gasteiger charge is -2.34. The number of fused-ring (bicyclic) bond motifs is 1. The molecule has 0 unspecified atom stereocenters. The number of benzene rings is 3. The van der Waals surface area contributed by atoms with Gasteiger partial charge in [-0.3, -0.25) is 9.10 Å². The molecule has 0 radical (unpaired) electrons. The van der Waals surface area contributed by atoms with Crippen molar-refractivity contribution in [2.45, 2.75) is 17.9 Å². The molecule has 1 heterocycles. The summed E-state index contributed by atoms with van der Waals surface area (Å²) in [6.45, 7) is 2.26. The first-order valence-electron chi connectivity index (χ1n) is 10.4. The first-order chi connectivity index (χ1) is 15.9. The van der Waals surface area contributed by atoms with Gasteiger partial charge in [0.25, 0.3) is 15.9 Å². The van der Waals surface area contributed by atoms with Gasteiger partial charge in [0, 0.05) is 5.69 Å². The average molecular weight is 469 g/mol. The van der Waals surface area contributed by atoms with Crippen LogP contribution in [0.1, 0.15) is 6.92 Å². The van der Waals surface area contributed by atoms with Crippen LogP contribution in [0, 0.1) is 0 Å². The third-order valence-electron chi connectivity index (χ3n) is 5.11. The van der Waals surface area contributed by atoms with E-state index in [2.05, 4.69) is 5.32 Å². The number of sulfonamides is 1. The number of rotatable bonds is 7. The zero-order chi connectivity index (χ0) is 23.4. The van der Waals surface area contributed by atoms with Gasteiger partial charge in [-0.2, -0.15) is 0 Å². The van der Waals surface area contributed by atoms with Crippen molar-refractivity contribution in [3.8, 4) is 17.2 Å². The summed E-state index contributed by atoms with van der Waals surface area (Å²) >= 11 is 0. The molecule has 4 rings (SSSR count). The Hall–Kier alpha value is -3.72. The second kappa shape index (κ2) is 9.41. The van der Waals surface area contributed by atoms with Gasteiger partial charge < -0.3 is 19.5 Å². The Labute approximate surface area is 192 Å². The summed E-state index contributed by atoms with van der Waals surface area (Å²) in [4.78, 5) is 13.1. The normalized spacial score (nSPS) is 15.2. The molecular weight excluding hydrogens is 444 g/mol. The fourth-order valence-electron chi connectivity index (χ4n) is 3.47. The molecule has 1 atom stereocenters. The van der Waals surface area contributed by atoms with E-state index >= 15 is 0 Å². The number of nitrogens with zero attached hydrogens (tertiary/aromatic N) is 1. The van der Waals surface area contributed by atoms with Crippen LogP contribution >= 0.6 is 0 Å². The summed E-state index contributed by atoms with van der Waals surface area (Å²) < 4.78 is 44.5. The van der Waals surface area contributed by atoms with Gasteiger partial charge in [0.1, 0.15) is 17.2 Å². The van der Waals surface area contributed by atoms with Gasteiger partial charge in [-0.05, 0) is 67.6 Å². The second-order valence-corrected chi connectivity index (χ2v) is 9.09. The van der Waals surface area contributed by atoms with E-state index in [9.17, 15) is 13.2 Å². The van der Waals surface area contributed by atoms with E-state index in [-0.39, 0.29) is 11.4 Å². The number of hydrogen-bond donors (Lipinski definition) is 1. The van der Waals surface area contributed by atoms with Crippen LogP contribution in [-0.4, -0.2) is 40.7 Å². The van der Waals surface area contributed by atoms with Gasteiger partial charge in [0.15, 0.2) is 6.10 Å². The first kappa shape index (κ1) is 22.5. The number of carbonyl (C=O) groups excluding carboxylic acids is 1. The highest BCUT2D eigenvalue weighted by Crippen LogP contribution is 2.37. The fourth-order valence-corrected chi connectivity index (χ4v) is 4.94. The summed E-state index contributed by atoms with van der Waals surface area (Å²) in [6, 6.07) is 19.8. The fraction of sp³-hybridized carbons (Fsp3) is 0.208. The lowest BCUT2D eigenvalue weighted by molar-refractivity contribution is -0.122. The van der Waals surface area contributed by atoms with Crippen molar-refractivity contribution in [2.75, 3.05) is 29.9 Å². The van der Waals surface area contributed by atoms with E-state index in [4.69, 9.17) is 14.2 Å². The molecule has 9 heteroatoms. The molecule has 0 bridgehead atoms. The molecular formula is C24H24N2O6S. The zero-order valence-corrected chi connectivity index (χ0v) is 19.0. The van der Waals surface area contributed by atoms with Crippen LogP contribution < -0.4 is 23.8 Å². The van der Waals surface area contributed by atoms with Gasteiger partial charge in [-0.25, -0.2) is 8.42 Å². The lowest BCUT2D eigenvalue weighted by atomic mass is 10.2. The smallest absolute Gasteiger partial charge is 0.267 e. The Morgan fingerprint density at radius 1 is 1.03 bits per heavy atom. The van der Waals surface area contributed by atoms with Crippen LogP contribution in [0.2, 0.25) is 0 Å². The van der Waals surface area contributed by atoms with Crippen molar-refractivity contribution in [3.05, 3.63) is 72.8 Å². The molecule has 0 fully saturated rings. The monoisotopic (exact) mass is 468 g/mol. The molecule has 0 aliphatic carbocycles. The number of carbonyl (C=O) groups is 1. The molecule has 33 heavy (non-hydrogen) atoms. The molecule has 172 valence electrons. The molecule has 0 saturated heterocycles. The van der Waals surface area contributed by atoms with E-state index in [1.165, 1.54) is 23.5 Å². The molecule has 0 aromatic heterocycles. The minimum absolute atomic E-state index is 0.0886. The number of methoxy groups -OCH3 is 1. The summed E-state index contributed by atoms with van der Waals surface area (Å²) in [5.74, 6) is 1.09. The summed E-state index contributed by atoms with van der Waals surface area (Å²) in [6.07, 6.45) is -1.04.